The monoisotopic (exact) mass is 142 g/mol. The largest absolute Gasteiger partial charge is 0.263 e. The van der Waals surface area contributed by atoms with E-state index in [2.05, 4.69) is 6.58 Å². The van der Waals surface area contributed by atoms with Gasteiger partial charge in [-0.25, -0.2) is 0 Å². The van der Waals surface area contributed by atoms with Crippen molar-refractivity contribution in [1.29, 1.82) is 0 Å². The molecule has 0 atom stereocenters. The minimum atomic E-state index is -1.83. The molecule has 0 heterocycles. The van der Waals surface area contributed by atoms with Gasteiger partial charge in [-0.1, -0.05) is 0 Å². The van der Waals surface area contributed by atoms with Gasteiger partial charge in [-0.15, -0.1) is 0 Å². The molecule has 1 nitrogen and oxygen atoms in total. The molecular formula is C4H8F2OS. The average Bonchev–Trinajstić information content (AvgIpc) is 1.25. The van der Waals surface area contributed by atoms with E-state index >= 15 is 0 Å². The van der Waals surface area contributed by atoms with Crippen LogP contribution in [0, 0.1) is 0 Å². The Labute approximate surface area is 49.9 Å². The molecule has 0 unspecified atom stereocenters. The molecule has 0 amide bonds. The lowest BCUT2D eigenvalue weighted by molar-refractivity contribution is 0.426. The fourth-order valence-electron chi connectivity index (χ4n) is 0. The summed E-state index contributed by atoms with van der Waals surface area (Å²) in [5.74, 6) is 0. The van der Waals surface area contributed by atoms with Gasteiger partial charge in [0.1, 0.15) is 0 Å². The molecule has 0 fully saturated rings. The summed E-state index contributed by atoms with van der Waals surface area (Å²) in [6, 6.07) is 0. The molecule has 0 aromatic rings. The highest BCUT2D eigenvalue weighted by molar-refractivity contribution is 7.83. The van der Waals surface area contributed by atoms with Crippen molar-refractivity contribution >= 4 is 10.8 Å². The highest BCUT2D eigenvalue weighted by Gasteiger charge is 1.65. The van der Waals surface area contributed by atoms with Gasteiger partial charge >= 0.3 is 0 Å². The SMILES string of the molecule is C=C(F)F.CS(C)=O. The first-order valence-corrected chi connectivity index (χ1v) is 3.68. The Kier molecular flexibility index (Phi) is 9.01. The van der Waals surface area contributed by atoms with Crippen LogP contribution in [0.5, 0.6) is 0 Å². The molecule has 0 spiro atoms. The molecule has 0 aromatic carbocycles. The van der Waals surface area contributed by atoms with Crippen LogP contribution in [0.2, 0.25) is 0 Å². The van der Waals surface area contributed by atoms with Crippen molar-refractivity contribution in [3.05, 3.63) is 12.7 Å². The quantitative estimate of drug-likeness (QED) is 0.499. The third-order valence-corrected chi connectivity index (χ3v) is 0. The smallest absolute Gasteiger partial charge is 0.260 e. The average molecular weight is 142 g/mol. The van der Waals surface area contributed by atoms with Crippen LogP contribution >= 0.6 is 0 Å². The fourth-order valence-corrected chi connectivity index (χ4v) is 0. The lowest BCUT2D eigenvalue weighted by Gasteiger charge is -1.60. The van der Waals surface area contributed by atoms with Crippen molar-refractivity contribution in [2.45, 2.75) is 0 Å². The van der Waals surface area contributed by atoms with Gasteiger partial charge in [0, 0.05) is 23.3 Å². The predicted molar refractivity (Wildman–Crippen MR) is 31.3 cm³/mol. The third-order valence-electron chi connectivity index (χ3n) is 0. The van der Waals surface area contributed by atoms with Crippen LogP contribution in [0.3, 0.4) is 0 Å². The molecule has 0 radical (unpaired) electrons. The number of halogens is 2. The van der Waals surface area contributed by atoms with E-state index in [4.69, 9.17) is 0 Å². The molecule has 8 heavy (non-hydrogen) atoms. The van der Waals surface area contributed by atoms with Crippen molar-refractivity contribution in [1.82, 2.24) is 0 Å². The maximum Gasteiger partial charge on any atom is 0.263 e. The molecule has 4 heteroatoms. The third kappa shape index (κ3) is 2080. The number of hydrogen-bond acceptors (Lipinski definition) is 1. The van der Waals surface area contributed by atoms with Gasteiger partial charge < -0.3 is 0 Å². The zero-order valence-electron chi connectivity index (χ0n) is 4.78. The van der Waals surface area contributed by atoms with Gasteiger partial charge in [-0.05, 0) is 6.58 Å². The molecule has 0 saturated carbocycles. The van der Waals surface area contributed by atoms with E-state index in [-0.39, 0.29) is 0 Å². The summed E-state index contributed by atoms with van der Waals surface area (Å²) in [6.07, 6.45) is 1.44. The molecule has 0 N–H and O–H groups in total. The molecule has 0 aliphatic heterocycles. The van der Waals surface area contributed by atoms with Crippen molar-refractivity contribution in [3.63, 3.8) is 0 Å². The van der Waals surface area contributed by atoms with Crippen LogP contribution in [-0.2, 0) is 10.8 Å². The summed E-state index contributed by atoms with van der Waals surface area (Å²) in [5, 5.41) is 0. The number of hydrogen-bond donors (Lipinski definition) is 0. The van der Waals surface area contributed by atoms with E-state index in [9.17, 15) is 13.0 Å². The summed E-state index contributed by atoms with van der Waals surface area (Å²) in [5.41, 5.74) is 0. The lowest BCUT2D eigenvalue weighted by atomic mass is 11.2. The lowest BCUT2D eigenvalue weighted by Crippen LogP contribution is -1.70. The van der Waals surface area contributed by atoms with Gasteiger partial charge in [-0.2, -0.15) is 8.78 Å². The first kappa shape index (κ1) is 10.7. The van der Waals surface area contributed by atoms with Gasteiger partial charge in [-0.3, -0.25) is 4.21 Å². The van der Waals surface area contributed by atoms with Crippen LogP contribution < -0.4 is 0 Å². The van der Waals surface area contributed by atoms with Crippen molar-refractivity contribution < 1.29 is 13.0 Å². The van der Waals surface area contributed by atoms with Crippen LogP contribution in [0.4, 0.5) is 8.78 Å². The maximum absolute atomic E-state index is 10.1. The number of rotatable bonds is 0. The van der Waals surface area contributed by atoms with Gasteiger partial charge in [0.05, 0.1) is 0 Å². The van der Waals surface area contributed by atoms with Crippen molar-refractivity contribution in [2.24, 2.45) is 0 Å². The van der Waals surface area contributed by atoms with E-state index in [1.807, 2.05) is 0 Å². The summed E-state index contributed by atoms with van der Waals surface area (Å²) in [6.45, 7) is 2.22. The second-order valence-electron chi connectivity index (χ2n) is 1.08. The summed E-state index contributed by atoms with van der Waals surface area (Å²) < 4.78 is 29.8. The van der Waals surface area contributed by atoms with Gasteiger partial charge in [0.2, 0.25) is 0 Å². The fraction of sp³-hybridized carbons (Fsp3) is 0.500. The first-order valence-electron chi connectivity index (χ1n) is 1.71. The Bertz CT molecular complexity index is 72.0. The van der Waals surface area contributed by atoms with E-state index in [1.54, 1.807) is 12.5 Å². The highest BCUT2D eigenvalue weighted by Crippen LogP contribution is 1.85. The summed E-state index contributed by atoms with van der Waals surface area (Å²) in [7, 11) is -0.611. The Balaban J connectivity index is 0. The zero-order chi connectivity index (χ0) is 7.15. The van der Waals surface area contributed by atoms with Gasteiger partial charge in [0.15, 0.2) is 0 Å². The molecule has 0 aliphatic carbocycles. The van der Waals surface area contributed by atoms with Gasteiger partial charge in [0.25, 0.3) is 6.08 Å². The molecule has 0 rings (SSSR count). The topological polar surface area (TPSA) is 17.1 Å². The van der Waals surface area contributed by atoms with Crippen molar-refractivity contribution in [3.8, 4) is 0 Å². The molecular weight excluding hydrogens is 134 g/mol. The van der Waals surface area contributed by atoms with Crippen molar-refractivity contribution in [2.75, 3.05) is 12.5 Å². The van der Waals surface area contributed by atoms with E-state index in [1.165, 1.54) is 0 Å². The summed E-state index contributed by atoms with van der Waals surface area (Å²) >= 11 is 0. The predicted octanol–water partition coefficient (Wildman–Crippen LogP) is 1.39. The molecule has 0 bridgehead atoms. The second-order valence-corrected chi connectivity index (χ2v) is 2.56. The Morgan fingerprint density at radius 1 is 1.50 bits per heavy atom. The molecule has 50 valence electrons. The Hall–Kier alpha value is -0.250. The normalized spacial score (nSPS) is 7.62. The molecule has 0 saturated heterocycles. The zero-order valence-corrected chi connectivity index (χ0v) is 5.60. The second kappa shape index (κ2) is 6.75. The van der Waals surface area contributed by atoms with Crippen LogP contribution in [-0.4, -0.2) is 16.7 Å². The van der Waals surface area contributed by atoms with E-state index in [0.717, 1.165) is 0 Å². The molecule has 0 aromatic heterocycles. The Morgan fingerprint density at radius 2 is 1.50 bits per heavy atom. The minimum Gasteiger partial charge on any atom is -0.260 e. The minimum absolute atomic E-state index is 0.611. The first-order chi connectivity index (χ1) is 3.46. The van der Waals surface area contributed by atoms with Crippen LogP contribution in [0.25, 0.3) is 0 Å². The standard InChI is InChI=1S/C2H2F2.C2H6OS/c1-2(3)4;1-4(2)3/h1H2;1-2H3. The van der Waals surface area contributed by atoms with Crippen LogP contribution in [0.1, 0.15) is 0 Å². The highest BCUT2D eigenvalue weighted by atomic mass is 32.2. The Morgan fingerprint density at radius 3 is 1.50 bits per heavy atom. The molecule has 0 aliphatic rings. The van der Waals surface area contributed by atoms with Crippen LogP contribution in [0.15, 0.2) is 12.7 Å². The summed E-state index contributed by atoms with van der Waals surface area (Å²) in [4.78, 5) is 0. The maximum atomic E-state index is 10.1. The van der Waals surface area contributed by atoms with E-state index < -0.39 is 16.9 Å². The van der Waals surface area contributed by atoms with E-state index in [0.29, 0.717) is 0 Å².